The summed E-state index contributed by atoms with van der Waals surface area (Å²) in [5.41, 5.74) is 0. The summed E-state index contributed by atoms with van der Waals surface area (Å²) < 4.78 is 79.3. The number of sulfonamides is 2. The van der Waals surface area contributed by atoms with Gasteiger partial charge >= 0.3 is 0 Å². The Bertz CT molecular complexity index is 874. The zero-order valence-electron chi connectivity index (χ0n) is 12.7. The van der Waals surface area contributed by atoms with Gasteiger partial charge in [-0.05, 0) is 25.2 Å². The monoisotopic (exact) mass is 386 g/mol. The standard InChI is InChI=1S/C11H18N2O7S3/c1-12-22(16,17)7-6-13-23(18,19)11-8-9(21(3,14)15)4-5-10(11)20-2/h4-5,8,12-13H,6-7H2,1-3H3. The third-order valence-corrected chi connectivity index (χ3v) is 6.78. The van der Waals surface area contributed by atoms with Gasteiger partial charge in [-0.3, -0.25) is 0 Å². The zero-order valence-corrected chi connectivity index (χ0v) is 15.2. The van der Waals surface area contributed by atoms with Crippen LogP contribution in [0.4, 0.5) is 0 Å². The van der Waals surface area contributed by atoms with Crippen molar-refractivity contribution in [1.82, 2.24) is 9.44 Å². The van der Waals surface area contributed by atoms with Gasteiger partial charge in [0.15, 0.2) is 9.84 Å². The van der Waals surface area contributed by atoms with Crippen LogP contribution in [0, 0.1) is 0 Å². The number of rotatable bonds is 8. The van der Waals surface area contributed by atoms with Gasteiger partial charge in [0.25, 0.3) is 0 Å². The molecular formula is C11H18N2O7S3. The molecule has 0 heterocycles. The second-order valence-electron chi connectivity index (χ2n) is 4.51. The lowest BCUT2D eigenvalue weighted by molar-refractivity contribution is 0.401. The number of hydrogen-bond donors (Lipinski definition) is 2. The van der Waals surface area contributed by atoms with Crippen LogP contribution in [0.1, 0.15) is 0 Å². The maximum absolute atomic E-state index is 12.3. The molecule has 0 aliphatic rings. The Kier molecular flexibility index (Phi) is 6.15. The first kappa shape index (κ1) is 19.8. The summed E-state index contributed by atoms with van der Waals surface area (Å²) in [5.74, 6) is -0.516. The van der Waals surface area contributed by atoms with Crippen molar-refractivity contribution in [3.63, 3.8) is 0 Å². The third kappa shape index (κ3) is 5.42. The molecule has 1 aromatic rings. The van der Waals surface area contributed by atoms with E-state index in [1.165, 1.54) is 26.3 Å². The second kappa shape index (κ2) is 7.13. The number of nitrogens with one attached hydrogen (secondary N) is 2. The van der Waals surface area contributed by atoms with Crippen molar-refractivity contribution >= 4 is 29.9 Å². The summed E-state index contributed by atoms with van der Waals surface area (Å²) in [7, 11) is -8.89. The maximum Gasteiger partial charge on any atom is 0.244 e. The molecule has 1 aromatic carbocycles. The fraction of sp³-hybridized carbons (Fsp3) is 0.455. The molecular weight excluding hydrogens is 368 g/mol. The highest BCUT2D eigenvalue weighted by atomic mass is 32.2. The molecule has 0 atom stereocenters. The Morgan fingerprint density at radius 1 is 1.09 bits per heavy atom. The first-order valence-electron chi connectivity index (χ1n) is 6.22. The minimum atomic E-state index is -4.15. The van der Waals surface area contributed by atoms with Crippen molar-refractivity contribution < 1.29 is 30.0 Å². The van der Waals surface area contributed by atoms with E-state index in [9.17, 15) is 25.3 Å². The van der Waals surface area contributed by atoms with Crippen LogP contribution in [-0.2, 0) is 29.9 Å². The van der Waals surface area contributed by atoms with Gasteiger partial charge in [0.1, 0.15) is 10.6 Å². The number of ether oxygens (including phenoxy) is 1. The summed E-state index contributed by atoms with van der Waals surface area (Å²) in [6.07, 6.45) is 0.943. The van der Waals surface area contributed by atoms with E-state index in [0.717, 1.165) is 12.3 Å². The number of sulfone groups is 1. The van der Waals surface area contributed by atoms with Crippen molar-refractivity contribution in [2.24, 2.45) is 0 Å². The van der Waals surface area contributed by atoms with Crippen molar-refractivity contribution in [3.8, 4) is 5.75 Å². The molecule has 0 saturated carbocycles. The van der Waals surface area contributed by atoms with Crippen molar-refractivity contribution in [1.29, 1.82) is 0 Å². The normalized spacial score (nSPS) is 13.0. The Morgan fingerprint density at radius 2 is 1.70 bits per heavy atom. The number of methoxy groups -OCH3 is 1. The molecule has 0 fully saturated rings. The van der Waals surface area contributed by atoms with E-state index in [4.69, 9.17) is 4.74 Å². The number of benzene rings is 1. The van der Waals surface area contributed by atoms with Gasteiger partial charge in [0.05, 0.1) is 17.8 Å². The molecule has 132 valence electrons. The fourth-order valence-electron chi connectivity index (χ4n) is 1.59. The van der Waals surface area contributed by atoms with Crippen LogP contribution in [0.5, 0.6) is 5.75 Å². The van der Waals surface area contributed by atoms with Crippen molar-refractivity contribution in [3.05, 3.63) is 18.2 Å². The third-order valence-electron chi connectivity index (χ3n) is 2.83. The second-order valence-corrected chi connectivity index (χ2v) is 10.3. The Hall–Kier alpha value is -1.21. The first-order chi connectivity index (χ1) is 10.4. The average Bonchev–Trinajstić information content (AvgIpc) is 2.45. The molecule has 0 bridgehead atoms. The molecule has 0 spiro atoms. The summed E-state index contributed by atoms with van der Waals surface area (Å²) in [6, 6.07) is 3.40. The topological polar surface area (TPSA) is 136 Å². The molecule has 0 aliphatic heterocycles. The molecule has 0 saturated heterocycles. The molecule has 0 unspecified atom stereocenters. The van der Waals surface area contributed by atoms with Crippen molar-refractivity contribution in [2.75, 3.05) is 32.7 Å². The lowest BCUT2D eigenvalue weighted by Gasteiger charge is -2.12. The smallest absolute Gasteiger partial charge is 0.244 e. The van der Waals surface area contributed by atoms with Gasteiger partial charge in [-0.1, -0.05) is 0 Å². The van der Waals surface area contributed by atoms with Gasteiger partial charge in [-0.25, -0.2) is 34.7 Å². The van der Waals surface area contributed by atoms with Crippen LogP contribution < -0.4 is 14.2 Å². The molecule has 0 amide bonds. The van der Waals surface area contributed by atoms with Crippen LogP contribution >= 0.6 is 0 Å². The molecule has 9 nitrogen and oxygen atoms in total. The van der Waals surface area contributed by atoms with Crippen LogP contribution in [0.3, 0.4) is 0 Å². The summed E-state index contributed by atoms with van der Waals surface area (Å²) in [6.45, 7) is -0.377. The zero-order chi connectivity index (χ0) is 17.9. The number of hydrogen-bond acceptors (Lipinski definition) is 7. The molecule has 0 aliphatic carbocycles. The molecule has 0 aromatic heterocycles. The fourth-order valence-corrected chi connectivity index (χ4v) is 4.24. The predicted octanol–water partition coefficient (Wildman–Crippen LogP) is -1.07. The Morgan fingerprint density at radius 3 is 2.17 bits per heavy atom. The van der Waals surface area contributed by atoms with Crippen molar-refractivity contribution in [2.45, 2.75) is 9.79 Å². The average molecular weight is 386 g/mol. The summed E-state index contributed by atoms with van der Waals surface area (Å²) in [5, 5.41) is 0. The minimum absolute atomic E-state index is 0.0543. The van der Waals surface area contributed by atoms with Gasteiger partial charge in [0.2, 0.25) is 20.0 Å². The van der Waals surface area contributed by atoms with E-state index >= 15 is 0 Å². The van der Waals surface area contributed by atoms with Gasteiger partial charge in [0, 0.05) is 12.8 Å². The van der Waals surface area contributed by atoms with E-state index < -0.39 is 35.6 Å². The van der Waals surface area contributed by atoms with E-state index in [1.54, 1.807) is 0 Å². The predicted molar refractivity (Wildman–Crippen MR) is 84.1 cm³/mol. The van der Waals surface area contributed by atoms with E-state index in [-0.39, 0.29) is 22.1 Å². The van der Waals surface area contributed by atoms with Gasteiger partial charge < -0.3 is 4.74 Å². The highest BCUT2D eigenvalue weighted by molar-refractivity contribution is 7.91. The maximum atomic E-state index is 12.3. The van der Waals surface area contributed by atoms with Crippen LogP contribution in [0.2, 0.25) is 0 Å². The van der Waals surface area contributed by atoms with Crippen LogP contribution in [0.25, 0.3) is 0 Å². The lowest BCUT2D eigenvalue weighted by Crippen LogP contribution is -2.33. The first-order valence-corrected chi connectivity index (χ1v) is 11.2. The summed E-state index contributed by atoms with van der Waals surface area (Å²) in [4.78, 5) is -0.577. The molecule has 0 radical (unpaired) electrons. The summed E-state index contributed by atoms with van der Waals surface area (Å²) >= 11 is 0. The Balaban J connectivity index is 3.16. The quantitative estimate of drug-likeness (QED) is 0.580. The van der Waals surface area contributed by atoms with Gasteiger partial charge in [-0.15, -0.1) is 0 Å². The highest BCUT2D eigenvalue weighted by Gasteiger charge is 2.22. The minimum Gasteiger partial charge on any atom is -0.495 e. The molecule has 12 heteroatoms. The lowest BCUT2D eigenvalue weighted by atomic mass is 10.3. The Labute approximate surface area is 136 Å². The van der Waals surface area contributed by atoms with E-state index in [2.05, 4.69) is 9.44 Å². The van der Waals surface area contributed by atoms with Crippen LogP contribution in [0.15, 0.2) is 28.0 Å². The molecule has 23 heavy (non-hydrogen) atoms. The molecule has 2 N–H and O–H groups in total. The van der Waals surface area contributed by atoms with Crippen LogP contribution in [-0.4, -0.2) is 58.0 Å². The van der Waals surface area contributed by atoms with Gasteiger partial charge in [-0.2, -0.15) is 0 Å². The SMILES string of the molecule is CNS(=O)(=O)CCNS(=O)(=O)c1cc(S(C)(=O)=O)ccc1OC. The molecule has 1 rings (SSSR count). The largest absolute Gasteiger partial charge is 0.495 e. The highest BCUT2D eigenvalue weighted by Crippen LogP contribution is 2.26. The van der Waals surface area contributed by atoms with E-state index in [1.807, 2.05) is 0 Å². The van der Waals surface area contributed by atoms with E-state index in [0.29, 0.717) is 0 Å².